The van der Waals surface area contributed by atoms with Crippen LogP contribution in [-0.2, 0) is 6.42 Å². The van der Waals surface area contributed by atoms with E-state index in [0.717, 1.165) is 12.1 Å². The van der Waals surface area contributed by atoms with Crippen LogP contribution in [0.15, 0.2) is 54.6 Å². The molecule has 0 spiro atoms. The molecule has 17 heavy (non-hydrogen) atoms. The number of hydrogen-bond donors (Lipinski definition) is 1. The lowest BCUT2D eigenvalue weighted by Crippen LogP contribution is -2.35. The van der Waals surface area contributed by atoms with E-state index < -0.39 is 0 Å². The lowest BCUT2D eigenvalue weighted by atomic mass is 9.99. The largest absolute Gasteiger partial charge is 0.391 e. The zero-order valence-electron chi connectivity index (χ0n) is 9.58. The zero-order valence-corrected chi connectivity index (χ0v) is 9.58. The van der Waals surface area contributed by atoms with E-state index in [4.69, 9.17) is 0 Å². The van der Waals surface area contributed by atoms with Gasteiger partial charge in [0.1, 0.15) is 0 Å². The van der Waals surface area contributed by atoms with Crippen LogP contribution < -0.4 is 4.90 Å². The number of hydrogen-bond acceptors (Lipinski definition) is 2. The predicted molar refractivity (Wildman–Crippen MR) is 69.6 cm³/mol. The number of fused-ring (bicyclic) bond motifs is 1. The maximum Gasteiger partial charge on any atom is 0.0760 e. The summed E-state index contributed by atoms with van der Waals surface area (Å²) in [5, 5.41) is 9.95. The number of aliphatic hydroxyl groups is 1. The van der Waals surface area contributed by atoms with Crippen LogP contribution in [0.1, 0.15) is 5.56 Å². The van der Waals surface area contributed by atoms with Gasteiger partial charge >= 0.3 is 0 Å². The summed E-state index contributed by atoms with van der Waals surface area (Å²) in [6, 6.07) is 18.5. The quantitative estimate of drug-likeness (QED) is 0.806. The van der Waals surface area contributed by atoms with Crippen LogP contribution in [-0.4, -0.2) is 17.8 Å². The highest BCUT2D eigenvalue weighted by atomic mass is 16.3. The van der Waals surface area contributed by atoms with Crippen LogP contribution in [0.4, 0.5) is 11.4 Å². The van der Waals surface area contributed by atoms with Crippen LogP contribution in [0.3, 0.4) is 0 Å². The van der Waals surface area contributed by atoms with Crippen molar-refractivity contribution >= 4 is 11.4 Å². The molecule has 1 aliphatic heterocycles. The van der Waals surface area contributed by atoms with Gasteiger partial charge in [0.2, 0.25) is 0 Å². The minimum absolute atomic E-state index is 0.287. The Morgan fingerprint density at radius 2 is 1.65 bits per heavy atom. The lowest BCUT2D eigenvalue weighted by molar-refractivity contribution is 0.178. The maximum absolute atomic E-state index is 9.95. The highest BCUT2D eigenvalue weighted by Gasteiger charge is 2.23. The normalized spacial score (nSPS) is 18.9. The third-order valence-electron chi connectivity index (χ3n) is 3.20. The molecule has 1 heterocycles. The van der Waals surface area contributed by atoms with Crippen molar-refractivity contribution in [1.82, 2.24) is 0 Å². The molecule has 3 rings (SSSR count). The van der Waals surface area contributed by atoms with Gasteiger partial charge in [0, 0.05) is 24.3 Å². The number of aliphatic hydroxyl groups excluding tert-OH is 1. The molecule has 0 radical (unpaired) electrons. The van der Waals surface area contributed by atoms with E-state index in [1.807, 2.05) is 30.3 Å². The summed E-state index contributed by atoms with van der Waals surface area (Å²) in [6.07, 6.45) is 0.463. The number of nitrogens with zero attached hydrogens (tertiary/aromatic N) is 1. The van der Waals surface area contributed by atoms with Crippen molar-refractivity contribution in [2.45, 2.75) is 12.5 Å². The van der Waals surface area contributed by atoms with Crippen molar-refractivity contribution in [3.8, 4) is 0 Å². The summed E-state index contributed by atoms with van der Waals surface area (Å²) < 4.78 is 0. The first-order chi connectivity index (χ1) is 8.34. The van der Waals surface area contributed by atoms with Gasteiger partial charge in [-0.15, -0.1) is 0 Å². The molecule has 0 amide bonds. The van der Waals surface area contributed by atoms with Gasteiger partial charge in [0.05, 0.1) is 6.10 Å². The van der Waals surface area contributed by atoms with Gasteiger partial charge in [0.15, 0.2) is 0 Å². The second-order valence-corrected chi connectivity index (χ2v) is 4.43. The van der Waals surface area contributed by atoms with Crippen molar-refractivity contribution in [3.63, 3.8) is 0 Å². The topological polar surface area (TPSA) is 23.5 Å². The summed E-state index contributed by atoms with van der Waals surface area (Å²) >= 11 is 0. The molecule has 2 heteroatoms. The monoisotopic (exact) mass is 225 g/mol. The summed E-state index contributed by atoms with van der Waals surface area (Å²) in [4.78, 5) is 2.18. The zero-order chi connectivity index (χ0) is 11.7. The smallest absolute Gasteiger partial charge is 0.0760 e. The van der Waals surface area contributed by atoms with Crippen molar-refractivity contribution < 1.29 is 5.11 Å². The summed E-state index contributed by atoms with van der Waals surface area (Å²) in [5.41, 5.74) is 3.57. The minimum atomic E-state index is -0.287. The first kappa shape index (κ1) is 10.4. The molecule has 2 aromatic rings. The number of para-hydroxylation sites is 2. The van der Waals surface area contributed by atoms with E-state index >= 15 is 0 Å². The van der Waals surface area contributed by atoms with E-state index in [0.29, 0.717) is 6.54 Å². The Morgan fingerprint density at radius 3 is 2.47 bits per heavy atom. The maximum atomic E-state index is 9.95. The molecule has 0 unspecified atom stereocenters. The van der Waals surface area contributed by atoms with E-state index in [2.05, 4.69) is 29.2 Å². The van der Waals surface area contributed by atoms with E-state index in [1.165, 1.54) is 11.3 Å². The van der Waals surface area contributed by atoms with Gasteiger partial charge in [0.25, 0.3) is 0 Å². The summed E-state index contributed by atoms with van der Waals surface area (Å²) in [5.74, 6) is 0. The van der Waals surface area contributed by atoms with Gasteiger partial charge in [-0.1, -0.05) is 36.4 Å². The van der Waals surface area contributed by atoms with Crippen LogP contribution in [0.25, 0.3) is 0 Å². The summed E-state index contributed by atoms with van der Waals surface area (Å²) in [6.45, 7) is 0.668. The Bertz CT molecular complexity index is 509. The molecule has 0 aliphatic carbocycles. The fraction of sp³-hybridized carbons (Fsp3) is 0.200. The third kappa shape index (κ3) is 1.92. The number of anilines is 2. The molecule has 0 saturated heterocycles. The van der Waals surface area contributed by atoms with Gasteiger partial charge < -0.3 is 10.0 Å². The average Bonchev–Trinajstić information content (AvgIpc) is 2.39. The van der Waals surface area contributed by atoms with Crippen LogP contribution in [0.2, 0.25) is 0 Å². The molecular weight excluding hydrogens is 210 g/mol. The average molecular weight is 225 g/mol. The fourth-order valence-electron chi connectivity index (χ4n) is 2.43. The Kier molecular flexibility index (Phi) is 2.57. The highest BCUT2D eigenvalue weighted by molar-refractivity contribution is 5.68. The molecular formula is C15H15NO. The first-order valence-electron chi connectivity index (χ1n) is 5.93. The second-order valence-electron chi connectivity index (χ2n) is 4.43. The third-order valence-corrected chi connectivity index (χ3v) is 3.20. The molecule has 86 valence electrons. The van der Waals surface area contributed by atoms with E-state index in [1.54, 1.807) is 0 Å². The highest BCUT2D eigenvalue weighted by Crippen LogP contribution is 2.32. The first-order valence-corrected chi connectivity index (χ1v) is 5.93. The molecule has 0 fully saturated rings. The Labute approximate surface area is 101 Å². The van der Waals surface area contributed by atoms with Crippen LogP contribution >= 0.6 is 0 Å². The van der Waals surface area contributed by atoms with Gasteiger partial charge in [-0.2, -0.15) is 0 Å². The van der Waals surface area contributed by atoms with E-state index in [-0.39, 0.29) is 6.10 Å². The van der Waals surface area contributed by atoms with Gasteiger partial charge in [-0.05, 0) is 23.8 Å². The summed E-state index contributed by atoms with van der Waals surface area (Å²) in [7, 11) is 0. The molecule has 2 aromatic carbocycles. The second kappa shape index (κ2) is 4.22. The Balaban J connectivity index is 2.07. The van der Waals surface area contributed by atoms with Crippen molar-refractivity contribution in [2.75, 3.05) is 11.4 Å². The van der Waals surface area contributed by atoms with Crippen LogP contribution in [0.5, 0.6) is 0 Å². The number of rotatable bonds is 1. The standard InChI is InChI=1S/C15H15NO/c17-14-10-12-6-4-5-9-15(12)16(11-14)13-7-2-1-3-8-13/h1-9,14,17H,10-11H2/t14-/m0/s1. The van der Waals surface area contributed by atoms with Crippen LogP contribution in [0, 0.1) is 0 Å². The molecule has 1 N–H and O–H groups in total. The molecule has 0 aromatic heterocycles. The molecule has 2 nitrogen and oxygen atoms in total. The SMILES string of the molecule is O[C@H]1Cc2ccccc2N(c2ccccc2)C1. The van der Waals surface area contributed by atoms with Gasteiger partial charge in [-0.25, -0.2) is 0 Å². The number of benzene rings is 2. The Morgan fingerprint density at radius 1 is 0.941 bits per heavy atom. The van der Waals surface area contributed by atoms with Gasteiger partial charge in [-0.3, -0.25) is 0 Å². The molecule has 1 atom stereocenters. The Hall–Kier alpha value is -1.80. The lowest BCUT2D eigenvalue weighted by Gasteiger charge is -2.34. The molecule has 1 aliphatic rings. The van der Waals surface area contributed by atoms with Crippen molar-refractivity contribution in [3.05, 3.63) is 60.2 Å². The van der Waals surface area contributed by atoms with Crippen molar-refractivity contribution in [1.29, 1.82) is 0 Å². The fourth-order valence-corrected chi connectivity index (χ4v) is 2.43. The molecule has 0 bridgehead atoms. The number of β-amino-alcohol motifs (C(OH)–C–C–N with tert-alkyl or cyclic N) is 1. The van der Waals surface area contributed by atoms with E-state index in [9.17, 15) is 5.11 Å². The predicted octanol–water partition coefficient (Wildman–Crippen LogP) is 2.74. The molecule has 0 saturated carbocycles. The van der Waals surface area contributed by atoms with Crippen molar-refractivity contribution in [2.24, 2.45) is 0 Å². The minimum Gasteiger partial charge on any atom is -0.391 e.